The molecule has 1 heterocycles. The van der Waals surface area contributed by atoms with Crippen LogP contribution in [0.2, 0.25) is 5.02 Å². The average Bonchev–Trinajstić information content (AvgIpc) is 2.82. The Balaban J connectivity index is 1.13. The largest absolute Gasteiger partial charge is 0.492 e. The molecule has 0 spiro atoms. The molecule has 0 aliphatic carbocycles. The van der Waals surface area contributed by atoms with Crippen LogP contribution in [-0.4, -0.2) is 31.1 Å². The van der Waals surface area contributed by atoms with Crippen LogP contribution in [0, 0.1) is 5.92 Å². The van der Waals surface area contributed by atoms with E-state index in [9.17, 15) is 0 Å². The van der Waals surface area contributed by atoms with Gasteiger partial charge in [-0.15, -0.1) is 0 Å². The summed E-state index contributed by atoms with van der Waals surface area (Å²) in [6.45, 7) is 4.56. The second-order valence-electron chi connectivity index (χ2n) is 8.21. The van der Waals surface area contributed by atoms with Crippen molar-refractivity contribution >= 4 is 11.6 Å². The highest BCUT2D eigenvalue weighted by Gasteiger charge is 2.19. The Morgan fingerprint density at radius 2 is 1.39 bits per heavy atom. The zero-order valence-electron chi connectivity index (χ0n) is 17.9. The fraction of sp³-hybridized carbons (Fsp3) is 0.333. The molecule has 0 N–H and O–H groups in total. The third-order valence-electron chi connectivity index (χ3n) is 5.89. The molecule has 3 aromatic carbocycles. The summed E-state index contributed by atoms with van der Waals surface area (Å²) in [5, 5.41) is 0.813. The monoisotopic (exact) mass is 435 g/mol. The lowest BCUT2D eigenvalue weighted by Gasteiger charge is -2.31. The maximum Gasteiger partial charge on any atom is 0.120 e. The SMILES string of the molecule is Clc1ccc(CC2CCN(CCOc3ccc(OCc4ccccc4)cc3)CC2)cc1. The number of benzene rings is 3. The van der Waals surface area contributed by atoms with E-state index < -0.39 is 0 Å². The lowest BCUT2D eigenvalue weighted by molar-refractivity contribution is 0.155. The molecule has 1 aliphatic heterocycles. The second kappa shape index (κ2) is 11.2. The van der Waals surface area contributed by atoms with Crippen LogP contribution in [0.1, 0.15) is 24.0 Å². The van der Waals surface area contributed by atoms with Gasteiger partial charge < -0.3 is 9.47 Å². The summed E-state index contributed by atoms with van der Waals surface area (Å²) in [6.07, 6.45) is 3.65. The Morgan fingerprint density at radius 1 is 0.742 bits per heavy atom. The highest BCUT2D eigenvalue weighted by Crippen LogP contribution is 2.23. The quantitative estimate of drug-likeness (QED) is 0.396. The summed E-state index contributed by atoms with van der Waals surface area (Å²) >= 11 is 5.99. The zero-order chi connectivity index (χ0) is 21.3. The first kappa shape index (κ1) is 21.7. The van der Waals surface area contributed by atoms with Crippen molar-refractivity contribution in [1.29, 1.82) is 0 Å². The summed E-state index contributed by atoms with van der Waals surface area (Å²) in [6, 6.07) is 26.4. The van der Waals surface area contributed by atoms with Crippen molar-refractivity contribution in [1.82, 2.24) is 4.90 Å². The summed E-state index contributed by atoms with van der Waals surface area (Å²) in [5.74, 6) is 2.52. The van der Waals surface area contributed by atoms with E-state index in [2.05, 4.69) is 29.2 Å². The molecule has 31 heavy (non-hydrogen) atoms. The number of hydrogen-bond acceptors (Lipinski definition) is 3. The van der Waals surface area contributed by atoms with E-state index in [1.165, 1.54) is 24.0 Å². The van der Waals surface area contributed by atoms with E-state index in [1.807, 2.05) is 54.6 Å². The standard InChI is InChI=1S/C27H30ClNO2/c28-25-8-6-22(7-9-25)20-23-14-16-29(17-15-23)18-19-30-26-10-12-27(13-11-26)31-21-24-4-2-1-3-5-24/h1-13,23H,14-21H2. The maximum atomic E-state index is 5.99. The molecule has 162 valence electrons. The molecule has 1 aliphatic rings. The normalized spacial score (nSPS) is 15.0. The average molecular weight is 436 g/mol. The van der Waals surface area contributed by atoms with Gasteiger partial charge in [-0.3, -0.25) is 4.90 Å². The highest BCUT2D eigenvalue weighted by molar-refractivity contribution is 6.30. The summed E-state index contributed by atoms with van der Waals surface area (Å²) < 4.78 is 11.8. The molecular formula is C27H30ClNO2. The van der Waals surface area contributed by atoms with Crippen molar-refractivity contribution in [2.45, 2.75) is 25.9 Å². The number of nitrogens with zero attached hydrogens (tertiary/aromatic N) is 1. The lowest BCUT2D eigenvalue weighted by Crippen LogP contribution is -2.37. The fourth-order valence-corrected chi connectivity index (χ4v) is 4.16. The summed E-state index contributed by atoms with van der Waals surface area (Å²) in [7, 11) is 0. The van der Waals surface area contributed by atoms with Gasteiger partial charge in [0.1, 0.15) is 24.7 Å². The van der Waals surface area contributed by atoms with Crippen molar-refractivity contribution in [3.05, 3.63) is 95.0 Å². The van der Waals surface area contributed by atoms with Gasteiger partial charge in [-0.2, -0.15) is 0 Å². The molecule has 0 atom stereocenters. The number of halogens is 1. The Bertz CT molecular complexity index is 904. The lowest BCUT2D eigenvalue weighted by atomic mass is 9.90. The Labute approximate surface area is 190 Å². The fourth-order valence-electron chi connectivity index (χ4n) is 4.03. The van der Waals surface area contributed by atoms with Gasteiger partial charge >= 0.3 is 0 Å². The van der Waals surface area contributed by atoms with E-state index in [0.29, 0.717) is 13.2 Å². The Kier molecular flexibility index (Phi) is 7.87. The Morgan fingerprint density at radius 3 is 2.06 bits per heavy atom. The predicted octanol–water partition coefficient (Wildman–Crippen LogP) is 6.25. The van der Waals surface area contributed by atoms with E-state index in [4.69, 9.17) is 21.1 Å². The van der Waals surface area contributed by atoms with Gasteiger partial charge in [0.2, 0.25) is 0 Å². The molecule has 4 rings (SSSR count). The van der Waals surface area contributed by atoms with Crippen LogP contribution in [-0.2, 0) is 13.0 Å². The molecule has 0 aromatic heterocycles. The number of piperidine rings is 1. The van der Waals surface area contributed by atoms with Gasteiger partial charge in [-0.25, -0.2) is 0 Å². The minimum atomic E-state index is 0.578. The van der Waals surface area contributed by atoms with Crippen LogP contribution < -0.4 is 9.47 Å². The smallest absolute Gasteiger partial charge is 0.120 e. The van der Waals surface area contributed by atoms with Crippen molar-refractivity contribution in [2.24, 2.45) is 5.92 Å². The minimum Gasteiger partial charge on any atom is -0.492 e. The number of likely N-dealkylation sites (tertiary alicyclic amines) is 1. The van der Waals surface area contributed by atoms with E-state index >= 15 is 0 Å². The molecule has 0 bridgehead atoms. The molecule has 3 nitrogen and oxygen atoms in total. The van der Waals surface area contributed by atoms with E-state index in [0.717, 1.165) is 48.5 Å². The molecular weight excluding hydrogens is 406 g/mol. The van der Waals surface area contributed by atoms with E-state index in [-0.39, 0.29) is 0 Å². The number of ether oxygens (including phenoxy) is 2. The van der Waals surface area contributed by atoms with Gasteiger partial charge in [-0.1, -0.05) is 54.1 Å². The van der Waals surface area contributed by atoms with Crippen LogP contribution in [0.5, 0.6) is 11.5 Å². The molecule has 0 unspecified atom stereocenters. The number of rotatable bonds is 9. The predicted molar refractivity (Wildman–Crippen MR) is 127 cm³/mol. The molecule has 0 radical (unpaired) electrons. The highest BCUT2D eigenvalue weighted by atomic mass is 35.5. The van der Waals surface area contributed by atoms with Gasteiger partial charge in [0.05, 0.1) is 0 Å². The third-order valence-corrected chi connectivity index (χ3v) is 6.15. The van der Waals surface area contributed by atoms with Gasteiger partial charge in [0.15, 0.2) is 0 Å². The van der Waals surface area contributed by atoms with Crippen LogP contribution in [0.15, 0.2) is 78.9 Å². The molecule has 3 aromatic rings. The van der Waals surface area contributed by atoms with Crippen molar-refractivity contribution in [2.75, 3.05) is 26.2 Å². The molecule has 0 saturated carbocycles. The third kappa shape index (κ3) is 7.02. The summed E-state index contributed by atoms with van der Waals surface area (Å²) in [5.41, 5.74) is 2.56. The van der Waals surface area contributed by atoms with Gasteiger partial charge in [0.25, 0.3) is 0 Å². The van der Waals surface area contributed by atoms with Crippen molar-refractivity contribution in [3.63, 3.8) is 0 Å². The topological polar surface area (TPSA) is 21.7 Å². The Hall–Kier alpha value is -2.49. The van der Waals surface area contributed by atoms with E-state index in [1.54, 1.807) is 0 Å². The van der Waals surface area contributed by atoms with Crippen LogP contribution in [0.3, 0.4) is 0 Å². The first-order valence-electron chi connectivity index (χ1n) is 11.1. The first-order chi connectivity index (χ1) is 15.2. The second-order valence-corrected chi connectivity index (χ2v) is 8.65. The zero-order valence-corrected chi connectivity index (χ0v) is 18.6. The number of hydrogen-bond donors (Lipinski definition) is 0. The van der Waals surface area contributed by atoms with Crippen LogP contribution in [0.25, 0.3) is 0 Å². The first-order valence-corrected chi connectivity index (χ1v) is 11.5. The van der Waals surface area contributed by atoms with Gasteiger partial charge in [-0.05, 0) is 85.8 Å². The van der Waals surface area contributed by atoms with Gasteiger partial charge in [0, 0.05) is 11.6 Å². The van der Waals surface area contributed by atoms with Crippen molar-refractivity contribution < 1.29 is 9.47 Å². The molecule has 0 amide bonds. The molecule has 1 fully saturated rings. The molecule has 4 heteroatoms. The van der Waals surface area contributed by atoms with Crippen LogP contribution >= 0.6 is 11.6 Å². The maximum absolute atomic E-state index is 5.99. The van der Waals surface area contributed by atoms with Crippen LogP contribution in [0.4, 0.5) is 0 Å². The van der Waals surface area contributed by atoms with Crippen molar-refractivity contribution in [3.8, 4) is 11.5 Å². The molecule has 1 saturated heterocycles. The summed E-state index contributed by atoms with van der Waals surface area (Å²) in [4.78, 5) is 2.51. The minimum absolute atomic E-state index is 0.578.